The highest BCUT2D eigenvalue weighted by Gasteiger charge is 2.36. The van der Waals surface area contributed by atoms with Gasteiger partial charge in [-0.3, -0.25) is 0 Å². The van der Waals surface area contributed by atoms with Gasteiger partial charge in [0.1, 0.15) is 0 Å². The number of nitrogens with zero attached hydrogens (tertiary/aromatic N) is 2. The van der Waals surface area contributed by atoms with Crippen LogP contribution in [-0.2, 0) is 5.41 Å². The maximum atomic E-state index is 2.45. The molecule has 0 amide bonds. The molecule has 1 heterocycles. The number of fused-ring (bicyclic) bond motifs is 6. The Hall–Kier alpha value is -6.38. The Kier molecular flexibility index (Phi) is 7.33. The van der Waals surface area contributed by atoms with Gasteiger partial charge < -0.3 is 9.80 Å². The van der Waals surface area contributed by atoms with Gasteiger partial charge in [-0.1, -0.05) is 141 Å². The van der Waals surface area contributed by atoms with Crippen LogP contribution in [0.5, 0.6) is 0 Å². The van der Waals surface area contributed by atoms with Crippen LogP contribution >= 0.6 is 0 Å². The third-order valence-corrected chi connectivity index (χ3v) is 11.6. The topological polar surface area (TPSA) is 6.48 Å². The van der Waals surface area contributed by atoms with Crippen molar-refractivity contribution in [1.29, 1.82) is 0 Å². The van der Waals surface area contributed by atoms with Crippen LogP contribution in [0.3, 0.4) is 0 Å². The smallest absolute Gasteiger partial charge is 0.0503 e. The lowest BCUT2D eigenvalue weighted by molar-refractivity contribution is 0.660. The predicted octanol–water partition coefficient (Wildman–Crippen LogP) is 13.9. The molecule has 1 unspecified atom stereocenters. The van der Waals surface area contributed by atoms with Crippen molar-refractivity contribution in [2.75, 3.05) is 9.80 Å². The first-order valence-corrected chi connectivity index (χ1v) is 18.7. The van der Waals surface area contributed by atoms with Crippen molar-refractivity contribution in [3.63, 3.8) is 0 Å². The van der Waals surface area contributed by atoms with E-state index in [9.17, 15) is 0 Å². The number of allylic oxidation sites excluding steroid dienone is 4. The van der Waals surface area contributed by atoms with Gasteiger partial charge in [-0.05, 0) is 117 Å². The average Bonchev–Trinajstić information content (AvgIpc) is 3.67. The van der Waals surface area contributed by atoms with E-state index in [0.717, 1.165) is 23.5 Å². The molecule has 0 N–H and O–H groups in total. The standard InChI is InChI=1S/C51H40N2/c1-51(2)47-19-11-9-17-43(47)44-32-30-42(34-48(44)51)52(40-26-21-36(22-27-40)35-13-5-3-6-14-35)41-28-23-37(24-29-41)38-25-31-46-45-18-10-12-20-49(45)53(50(46)33-38)39-15-7-4-8-16-39/h3-17,19-34,45H,18H2,1-2H3. The van der Waals surface area contributed by atoms with E-state index in [1.165, 1.54) is 67.1 Å². The van der Waals surface area contributed by atoms with Crippen molar-refractivity contribution >= 4 is 28.4 Å². The van der Waals surface area contributed by atoms with E-state index in [4.69, 9.17) is 0 Å². The number of rotatable bonds is 6. The minimum Gasteiger partial charge on any atom is -0.313 e. The van der Waals surface area contributed by atoms with Gasteiger partial charge in [-0.15, -0.1) is 0 Å². The maximum Gasteiger partial charge on any atom is 0.0503 e. The van der Waals surface area contributed by atoms with Crippen LogP contribution < -0.4 is 9.80 Å². The summed E-state index contributed by atoms with van der Waals surface area (Å²) in [6.07, 6.45) is 7.82. The Morgan fingerprint density at radius 2 is 1.11 bits per heavy atom. The van der Waals surface area contributed by atoms with Crippen LogP contribution in [-0.4, -0.2) is 0 Å². The van der Waals surface area contributed by atoms with Crippen LogP contribution in [0.2, 0.25) is 0 Å². The average molecular weight is 681 g/mol. The zero-order chi connectivity index (χ0) is 35.5. The second kappa shape index (κ2) is 12.4. The molecule has 1 aliphatic heterocycles. The quantitative estimate of drug-likeness (QED) is 0.172. The monoisotopic (exact) mass is 680 g/mol. The van der Waals surface area contributed by atoms with Crippen LogP contribution in [0.15, 0.2) is 194 Å². The summed E-state index contributed by atoms with van der Waals surface area (Å²) in [6, 6.07) is 62.5. The van der Waals surface area contributed by atoms with Crippen molar-refractivity contribution in [2.45, 2.75) is 31.6 Å². The molecule has 7 aromatic carbocycles. The Labute approximate surface area is 312 Å². The summed E-state index contributed by atoms with van der Waals surface area (Å²) in [5.41, 5.74) is 18.9. The maximum absolute atomic E-state index is 2.45. The molecule has 0 radical (unpaired) electrons. The van der Waals surface area contributed by atoms with Gasteiger partial charge in [-0.25, -0.2) is 0 Å². The first-order valence-electron chi connectivity index (χ1n) is 18.7. The first kappa shape index (κ1) is 31.4. The summed E-state index contributed by atoms with van der Waals surface area (Å²) in [5.74, 6) is 0.388. The molecular formula is C51H40N2. The molecular weight excluding hydrogens is 641 g/mol. The lowest BCUT2D eigenvalue weighted by Gasteiger charge is -2.28. The zero-order valence-corrected chi connectivity index (χ0v) is 30.1. The second-order valence-electron chi connectivity index (χ2n) is 14.9. The van der Waals surface area contributed by atoms with E-state index in [0.29, 0.717) is 5.92 Å². The Morgan fingerprint density at radius 1 is 0.528 bits per heavy atom. The Morgan fingerprint density at radius 3 is 1.85 bits per heavy atom. The third kappa shape index (κ3) is 5.17. The number of hydrogen-bond donors (Lipinski definition) is 0. The van der Waals surface area contributed by atoms with Crippen LogP contribution in [0.25, 0.3) is 33.4 Å². The van der Waals surface area contributed by atoms with Gasteiger partial charge >= 0.3 is 0 Å². The molecule has 0 saturated heterocycles. The van der Waals surface area contributed by atoms with Gasteiger partial charge in [0.25, 0.3) is 0 Å². The highest BCUT2D eigenvalue weighted by Crippen LogP contribution is 2.53. The second-order valence-corrected chi connectivity index (χ2v) is 14.9. The van der Waals surface area contributed by atoms with Gasteiger partial charge in [0.15, 0.2) is 0 Å². The van der Waals surface area contributed by atoms with Crippen molar-refractivity contribution in [3.05, 3.63) is 210 Å². The summed E-state index contributed by atoms with van der Waals surface area (Å²) < 4.78 is 0. The SMILES string of the molecule is CC1(C)c2ccccc2-c2ccc(N(c3ccc(-c4ccccc4)cc3)c3ccc(-c4ccc5c(c4)N(c4ccccc4)C4=CC=CCC45)cc3)cc21. The highest BCUT2D eigenvalue weighted by molar-refractivity contribution is 5.87. The Bertz CT molecular complexity index is 2540. The summed E-state index contributed by atoms with van der Waals surface area (Å²) in [5, 5.41) is 0. The van der Waals surface area contributed by atoms with Gasteiger partial charge in [-0.2, -0.15) is 0 Å². The van der Waals surface area contributed by atoms with Crippen molar-refractivity contribution in [1.82, 2.24) is 0 Å². The van der Waals surface area contributed by atoms with Gasteiger partial charge in [0.2, 0.25) is 0 Å². The molecule has 1 atom stereocenters. The molecule has 10 rings (SSSR count). The molecule has 0 saturated carbocycles. The fourth-order valence-electron chi connectivity index (χ4n) is 8.87. The largest absolute Gasteiger partial charge is 0.313 e. The highest BCUT2D eigenvalue weighted by atomic mass is 15.2. The lowest BCUT2D eigenvalue weighted by Crippen LogP contribution is -2.16. The Balaban J connectivity index is 1.05. The van der Waals surface area contributed by atoms with Crippen molar-refractivity contribution < 1.29 is 0 Å². The van der Waals surface area contributed by atoms with E-state index in [1.807, 2.05) is 0 Å². The minimum absolute atomic E-state index is 0.0839. The number of anilines is 5. The minimum atomic E-state index is -0.0839. The normalized spacial score (nSPS) is 16.0. The van der Waals surface area contributed by atoms with Gasteiger partial charge in [0, 0.05) is 39.8 Å². The molecule has 2 aliphatic carbocycles. The number of hydrogen-bond acceptors (Lipinski definition) is 2. The summed E-state index contributed by atoms with van der Waals surface area (Å²) >= 11 is 0. The van der Waals surface area contributed by atoms with E-state index in [1.54, 1.807) is 0 Å². The molecule has 0 fully saturated rings. The van der Waals surface area contributed by atoms with Crippen molar-refractivity contribution in [3.8, 4) is 33.4 Å². The first-order chi connectivity index (χ1) is 26.0. The van der Waals surface area contributed by atoms with E-state index in [-0.39, 0.29) is 5.41 Å². The van der Waals surface area contributed by atoms with Gasteiger partial charge in [0.05, 0.1) is 5.69 Å². The number of benzene rings is 7. The van der Waals surface area contributed by atoms with E-state index >= 15 is 0 Å². The lowest BCUT2D eigenvalue weighted by atomic mass is 9.82. The molecule has 0 aromatic heterocycles. The van der Waals surface area contributed by atoms with E-state index in [2.05, 4.69) is 212 Å². The summed E-state index contributed by atoms with van der Waals surface area (Å²) in [6.45, 7) is 4.71. The summed E-state index contributed by atoms with van der Waals surface area (Å²) in [4.78, 5) is 4.86. The predicted molar refractivity (Wildman–Crippen MR) is 223 cm³/mol. The molecule has 0 spiro atoms. The third-order valence-electron chi connectivity index (χ3n) is 11.6. The molecule has 53 heavy (non-hydrogen) atoms. The molecule has 254 valence electrons. The van der Waals surface area contributed by atoms with Crippen LogP contribution in [0.4, 0.5) is 28.4 Å². The fraction of sp³-hybridized carbons (Fsp3) is 0.0980. The van der Waals surface area contributed by atoms with Crippen LogP contribution in [0, 0.1) is 0 Å². The van der Waals surface area contributed by atoms with E-state index < -0.39 is 0 Å². The molecule has 2 heteroatoms. The molecule has 2 nitrogen and oxygen atoms in total. The molecule has 0 bridgehead atoms. The fourth-order valence-corrected chi connectivity index (χ4v) is 8.87. The summed E-state index contributed by atoms with van der Waals surface area (Å²) in [7, 11) is 0. The van der Waals surface area contributed by atoms with Crippen LogP contribution in [0.1, 0.15) is 42.9 Å². The molecule has 7 aromatic rings. The van der Waals surface area contributed by atoms with Crippen molar-refractivity contribution in [2.24, 2.45) is 0 Å². The number of para-hydroxylation sites is 1. The molecule has 3 aliphatic rings. The zero-order valence-electron chi connectivity index (χ0n) is 30.1.